The maximum Gasteiger partial charge on any atom is 0.320 e. The van der Waals surface area contributed by atoms with Gasteiger partial charge in [-0.05, 0) is 61.7 Å². The van der Waals surface area contributed by atoms with E-state index in [1.54, 1.807) is 30.3 Å². The monoisotopic (exact) mass is 474 g/mol. The number of urea groups is 1. The first-order chi connectivity index (χ1) is 15.8. The lowest BCUT2D eigenvalue weighted by Crippen LogP contribution is -2.49. The van der Waals surface area contributed by atoms with Gasteiger partial charge in [-0.3, -0.25) is 9.59 Å². The zero-order valence-electron chi connectivity index (χ0n) is 17.7. The number of carbonyl (C=O) groups excluding carboxylic acids is 3. The summed E-state index contributed by atoms with van der Waals surface area (Å²) in [6.07, 6.45) is 2.31. The van der Waals surface area contributed by atoms with E-state index in [0.717, 1.165) is 12.8 Å². The summed E-state index contributed by atoms with van der Waals surface area (Å²) in [6.45, 7) is 0.213. The van der Waals surface area contributed by atoms with Crippen molar-refractivity contribution in [3.63, 3.8) is 0 Å². The Morgan fingerprint density at radius 3 is 2.55 bits per heavy atom. The van der Waals surface area contributed by atoms with Gasteiger partial charge in [0.25, 0.3) is 5.91 Å². The van der Waals surface area contributed by atoms with E-state index >= 15 is 0 Å². The first-order valence-corrected chi connectivity index (χ1v) is 11.1. The second-order valence-electron chi connectivity index (χ2n) is 8.26. The van der Waals surface area contributed by atoms with Gasteiger partial charge in [-0.15, -0.1) is 0 Å². The molecule has 0 bridgehead atoms. The van der Waals surface area contributed by atoms with E-state index in [4.69, 9.17) is 11.6 Å². The van der Waals surface area contributed by atoms with Crippen molar-refractivity contribution >= 4 is 46.5 Å². The lowest BCUT2D eigenvalue weighted by molar-refractivity contribution is -0.120. The Kier molecular flexibility index (Phi) is 6.53. The maximum atomic E-state index is 14.8. The van der Waals surface area contributed by atoms with Gasteiger partial charge in [0.1, 0.15) is 11.4 Å². The molecule has 4 N–H and O–H groups in total. The van der Waals surface area contributed by atoms with Crippen molar-refractivity contribution < 1.29 is 23.9 Å². The number of carbonyl (C=O) groups is 3. The predicted molar refractivity (Wildman–Crippen MR) is 123 cm³/mol. The number of anilines is 3. The van der Waals surface area contributed by atoms with Crippen LogP contribution in [0.3, 0.4) is 0 Å². The molecule has 1 saturated carbocycles. The normalized spacial score (nSPS) is 22.0. The molecule has 10 heteroatoms. The van der Waals surface area contributed by atoms with Gasteiger partial charge in [-0.2, -0.15) is 0 Å². The van der Waals surface area contributed by atoms with Gasteiger partial charge in [0, 0.05) is 41.9 Å². The highest BCUT2D eigenvalue weighted by Gasteiger charge is 2.61. The topological polar surface area (TPSA) is 111 Å². The smallest absolute Gasteiger partial charge is 0.320 e. The van der Waals surface area contributed by atoms with Crippen LogP contribution in [-0.2, 0) is 9.59 Å². The number of hydrogen-bond donors (Lipinski definition) is 4. The van der Waals surface area contributed by atoms with Gasteiger partial charge in [0.05, 0.1) is 5.69 Å². The quantitative estimate of drug-likeness (QED) is 0.513. The van der Waals surface area contributed by atoms with Crippen molar-refractivity contribution in [3.05, 3.63) is 53.3 Å². The molecule has 1 saturated heterocycles. The SMILES string of the molecule is O=C(Nc1ccc(Cl)cc1)N[C@]1(C(=O)Nc2ccc(N3CCCCC3=O)cc2F)C[C@@H]1CO. The molecule has 1 heterocycles. The minimum Gasteiger partial charge on any atom is -0.396 e. The molecule has 8 nitrogen and oxygen atoms in total. The number of halogens is 2. The average molecular weight is 475 g/mol. The van der Waals surface area contributed by atoms with E-state index in [1.807, 2.05) is 0 Å². The standard InChI is InChI=1S/C23H24ClFN4O4/c24-15-4-6-16(7-5-15)26-22(33)28-23(12-14(23)13-30)21(32)27-19-9-8-17(11-18(19)25)29-10-2-1-3-20(29)31/h4-9,11,14,30H,1-3,10,12-13H2,(H,27,32)(H2,26,28,33)/t14-,23-/m1/s1. The molecule has 174 valence electrons. The van der Waals surface area contributed by atoms with E-state index in [-0.39, 0.29) is 24.6 Å². The van der Waals surface area contributed by atoms with Gasteiger partial charge < -0.3 is 26.0 Å². The number of amides is 4. The molecule has 1 aliphatic heterocycles. The minimum absolute atomic E-state index is 0.0592. The number of nitrogens with one attached hydrogen (secondary N) is 3. The molecule has 0 spiro atoms. The third kappa shape index (κ3) is 4.94. The van der Waals surface area contributed by atoms with Crippen LogP contribution in [0, 0.1) is 11.7 Å². The van der Waals surface area contributed by atoms with Crippen molar-refractivity contribution in [1.29, 1.82) is 0 Å². The van der Waals surface area contributed by atoms with Crippen LogP contribution in [0.15, 0.2) is 42.5 Å². The lowest BCUT2D eigenvalue weighted by Gasteiger charge is -2.27. The van der Waals surface area contributed by atoms with E-state index in [2.05, 4.69) is 16.0 Å². The fourth-order valence-corrected chi connectivity index (χ4v) is 4.15. The highest BCUT2D eigenvalue weighted by Crippen LogP contribution is 2.44. The number of nitrogens with zero attached hydrogens (tertiary/aromatic N) is 1. The molecule has 4 rings (SSSR count). The maximum absolute atomic E-state index is 14.8. The van der Waals surface area contributed by atoms with E-state index < -0.39 is 29.2 Å². The largest absolute Gasteiger partial charge is 0.396 e. The fourth-order valence-electron chi connectivity index (χ4n) is 4.02. The lowest BCUT2D eigenvalue weighted by atomic mass is 10.1. The molecule has 0 unspecified atom stereocenters. The molecule has 0 radical (unpaired) electrons. The molecule has 1 aliphatic carbocycles. The second-order valence-corrected chi connectivity index (χ2v) is 8.70. The molecule has 33 heavy (non-hydrogen) atoms. The van der Waals surface area contributed by atoms with Crippen LogP contribution in [0.1, 0.15) is 25.7 Å². The molecular weight excluding hydrogens is 451 g/mol. The van der Waals surface area contributed by atoms with Crippen molar-refractivity contribution in [3.8, 4) is 0 Å². The molecule has 2 aromatic carbocycles. The van der Waals surface area contributed by atoms with E-state index in [9.17, 15) is 23.9 Å². The first-order valence-electron chi connectivity index (χ1n) is 10.7. The van der Waals surface area contributed by atoms with Crippen LogP contribution in [-0.4, -0.2) is 41.6 Å². The van der Waals surface area contributed by atoms with Crippen LogP contribution < -0.4 is 20.9 Å². The van der Waals surface area contributed by atoms with Crippen LogP contribution >= 0.6 is 11.6 Å². The summed E-state index contributed by atoms with van der Waals surface area (Å²) in [6, 6.07) is 9.97. The summed E-state index contributed by atoms with van der Waals surface area (Å²) in [7, 11) is 0. The van der Waals surface area contributed by atoms with Crippen molar-refractivity contribution in [2.24, 2.45) is 5.92 Å². The summed E-state index contributed by atoms with van der Waals surface area (Å²) >= 11 is 5.84. The number of rotatable bonds is 6. The third-order valence-electron chi connectivity index (χ3n) is 6.01. The van der Waals surface area contributed by atoms with Gasteiger partial charge in [0.2, 0.25) is 5.91 Å². The van der Waals surface area contributed by atoms with Crippen LogP contribution in [0.25, 0.3) is 0 Å². The molecule has 0 aromatic heterocycles. The van der Waals surface area contributed by atoms with Gasteiger partial charge in [0.15, 0.2) is 0 Å². The molecule has 2 aliphatic rings. The van der Waals surface area contributed by atoms with Gasteiger partial charge in [-0.1, -0.05) is 11.6 Å². The van der Waals surface area contributed by atoms with Crippen molar-refractivity contribution in [2.45, 2.75) is 31.2 Å². The summed E-state index contributed by atoms with van der Waals surface area (Å²) in [5.41, 5.74) is -0.525. The Morgan fingerprint density at radius 1 is 1.15 bits per heavy atom. The summed E-state index contributed by atoms with van der Waals surface area (Å²) < 4.78 is 14.8. The molecule has 2 fully saturated rings. The predicted octanol–water partition coefficient (Wildman–Crippen LogP) is 3.51. The van der Waals surface area contributed by atoms with Gasteiger partial charge in [-0.25, -0.2) is 9.18 Å². The Balaban J connectivity index is 1.44. The minimum atomic E-state index is -1.36. The zero-order valence-corrected chi connectivity index (χ0v) is 18.5. The van der Waals surface area contributed by atoms with Crippen molar-refractivity contribution in [2.75, 3.05) is 28.7 Å². The van der Waals surface area contributed by atoms with E-state index in [0.29, 0.717) is 29.4 Å². The third-order valence-corrected chi connectivity index (χ3v) is 6.26. The Morgan fingerprint density at radius 2 is 1.91 bits per heavy atom. The molecule has 4 amide bonds. The Labute approximate surface area is 195 Å². The first kappa shape index (κ1) is 23.0. The molecular formula is C23H24ClFN4O4. The molecule has 2 atom stereocenters. The second kappa shape index (κ2) is 9.36. The Bertz CT molecular complexity index is 1080. The zero-order chi connectivity index (χ0) is 23.6. The summed E-state index contributed by atoms with van der Waals surface area (Å²) in [4.78, 5) is 39.1. The van der Waals surface area contributed by atoms with E-state index in [1.165, 1.54) is 17.0 Å². The fraction of sp³-hybridized carbons (Fsp3) is 0.348. The Hall–Kier alpha value is -3.17. The highest BCUT2D eigenvalue weighted by atomic mass is 35.5. The number of piperidine rings is 1. The number of aliphatic hydroxyl groups excluding tert-OH is 1. The number of hydrogen-bond acceptors (Lipinski definition) is 4. The van der Waals surface area contributed by atoms with Crippen molar-refractivity contribution in [1.82, 2.24) is 5.32 Å². The average Bonchev–Trinajstić information content (AvgIpc) is 3.51. The van der Waals surface area contributed by atoms with Crippen LogP contribution in [0.4, 0.5) is 26.2 Å². The number of aliphatic hydroxyl groups is 1. The summed E-state index contributed by atoms with van der Waals surface area (Å²) in [5.74, 6) is -1.88. The highest BCUT2D eigenvalue weighted by molar-refractivity contribution is 6.30. The van der Waals surface area contributed by atoms with Crippen LogP contribution in [0.5, 0.6) is 0 Å². The van der Waals surface area contributed by atoms with Crippen LogP contribution in [0.2, 0.25) is 5.02 Å². The van der Waals surface area contributed by atoms with Gasteiger partial charge >= 0.3 is 6.03 Å². The number of benzene rings is 2. The molecule has 2 aromatic rings. The summed E-state index contributed by atoms with van der Waals surface area (Å²) in [5, 5.41) is 17.8.